The number of nitrogens with one attached hydrogen (secondary N) is 2. The fourth-order valence-electron chi connectivity index (χ4n) is 3.05. The molecule has 1 atom stereocenters. The van der Waals surface area contributed by atoms with Gasteiger partial charge in [0.1, 0.15) is 0 Å². The van der Waals surface area contributed by atoms with Gasteiger partial charge >= 0.3 is 0 Å². The summed E-state index contributed by atoms with van der Waals surface area (Å²) in [6.45, 7) is 1.06. The van der Waals surface area contributed by atoms with Gasteiger partial charge in [-0.25, -0.2) is 13.1 Å². The summed E-state index contributed by atoms with van der Waals surface area (Å²) in [5, 5.41) is 2.73. The second kappa shape index (κ2) is 7.78. The Hall–Kier alpha value is -2.62. The number of anilines is 1. The van der Waals surface area contributed by atoms with Crippen molar-refractivity contribution in [1.82, 2.24) is 4.72 Å². The maximum atomic E-state index is 12.4. The molecule has 9 heteroatoms. The van der Waals surface area contributed by atoms with Gasteiger partial charge in [0.15, 0.2) is 11.5 Å². The van der Waals surface area contributed by atoms with Crippen LogP contribution in [0.2, 0.25) is 0 Å². The van der Waals surface area contributed by atoms with Gasteiger partial charge in [-0.2, -0.15) is 0 Å². The van der Waals surface area contributed by atoms with E-state index < -0.39 is 10.0 Å². The third-order valence-corrected chi connectivity index (χ3v) is 6.02. The number of sulfonamides is 1. The average Bonchev–Trinajstić information content (AvgIpc) is 3.38. The van der Waals surface area contributed by atoms with Crippen molar-refractivity contribution < 1.29 is 27.4 Å². The normalized spacial score (nSPS) is 18.2. The zero-order chi connectivity index (χ0) is 19.6. The molecule has 0 radical (unpaired) electrons. The Morgan fingerprint density at radius 1 is 1.07 bits per heavy atom. The summed E-state index contributed by atoms with van der Waals surface area (Å²) in [4.78, 5) is 12.5. The zero-order valence-electron chi connectivity index (χ0n) is 15.0. The van der Waals surface area contributed by atoms with E-state index in [0.29, 0.717) is 29.4 Å². The van der Waals surface area contributed by atoms with E-state index >= 15 is 0 Å². The lowest BCUT2D eigenvalue weighted by Gasteiger charge is -2.12. The van der Waals surface area contributed by atoms with Crippen LogP contribution in [-0.2, 0) is 14.8 Å². The van der Waals surface area contributed by atoms with Crippen LogP contribution in [0.5, 0.6) is 11.5 Å². The number of carbonyl (C=O) groups is 1. The number of ether oxygens (including phenoxy) is 3. The van der Waals surface area contributed by atoms with Gasteiger partial charge in [0.05, 0.1) is 11.0 Å². The van der Waals surface area contributed by atoms with Crippen molar-refractivity contribution in [3.63, 3.8) is 0 Å². The number of hydrogen-bond donors (Lipinski definition) is 2. The molecule has 2 aromatic carbocycles. The number of amides is 1. The summed E-state index contributed by atoms with van der Waals surface area (Å²) in [6.07, 6.45) is 1.73. The first-order valence-electron chi connectivity index (χ1n) is 8.94. The molecule has 4 rings (SSSR count). The van der Waals surface area contributed by atoms with E-state index in [1.165, 1.54) is 12.1 Å². The Morgan fingerprint density at radius 2 is 1.86 bits per heavy atom. The molecule has 2 aromatic rings. The summed E-state index contributed by atoms with van der Waals surface area (Å²) in [6, 6.07) is 10.9. The molecule has 0 spiro atoms. The van der Waals surface area contributed by atoms with Crippen molar-refractivity contribution in [2.24, 2.45) is 0 Å². The first-order chi connectivity index (χ1) is 13.5. The third-order valence-electron chi connectivity index (χ3n) is 4.58. The predicted molar refractivity (Wildman–Crippen MR) is 101 cm³/mol. The fraction of sp³-hybridized carbons (Fsp3) is 0.316. The van der Waals surface area contributed by atoms with Crippen LogP contribution in [0.3, 0.4) is 0 Å². The molecule has 0 bridgehead atoms. The summed E-state index contributed by atoms with van der Waals surface area (Å²) in [5.74, 6) is 0.790. The quantitative estimate of drug-likeness (QED) is 0.765. The molecule has 0 unspecified atom stereocenters. The molecule has 2 heterocycles. The zero-order valence-corrected chi connectivity index (χ0v) is 15.8. The fourth-order valence-corrected chi connectivity index (χ4v) is 4.12. The van der Waals surface area contributed by atoms with Crippen molar-refractivity contribution in [3.05, 3.63) is 48.0 Å². The molecule has 148 valence electrons. The highest BCUT2D eigenvalue weighted by Crippen LogP contribution is 2.32. The molecular formula is C19H20N2O6S. The number of carbonyl (C=O) groups excluding carboxylic acids is 1. The Morgan fingerprint density at radius 3 is 2.61 bits per heavy atom. The molecular weight excluding hydrogens is 384 g/mol. The molecule has 1 saturated heterocycles. The standard InChI is InChI=1S/C19H20N2O6S/c22-19(13-3-8-17-18(10-13)27-12-26-17)21-14-4-6-16(7-5-14)28(23,24)20-11-15-2-1-9-25-15/h3-8,10,15,20H,1-2,9,11-12H2,(H,21,22)/t15-/m0/s1. The lowest BCUT2D eigenvalue weighted by atomic mass is 10.2. The second-order valence-corrected chi connectivity index (χ2v) is 8.30. The van der Waals surface area contributed by atoms with E-state index in [1.807, 2.05) is 0 Å². The van der Waals surface area contributed by atoms with Gasteiger partial charge in [-0.1, -0.05) is 0 Å². The minimum Gasteiger partial charge on any atom is -0.454 e. The molecule has 2 N–H and O–H groups in total. The van der Waals surface area contributed by atoms with Gasteiger partial charge in [-0.3, -0.25) is 4.79 Å². The van der Waals surface area contributed by atoms with Crippen molar-refractivity contribution in [2.45, 2.75) is 23.8 Å². The molecule has 2 aliphatic heterocycles. The number of fused-ring (bicyclic) bond motifs is 1. The van der Waals surface area contributed by atoms with Crippen LogP contribution in [-0.4, -0.2) is 40.4 Å². The van der Waals surface area contributed by atoms with Gasteiger partial charge < -0.3 is 19.5 Å². The van der Waals surface area contributed by atoms with E-state index in [9.17, 15) is 13.2 Å². The molecule has 2 aliphatic rings. The minimum atomic E-state index is -3.63. The van der Waals surface area contributed by atoms with Crippen LogP contribution in [0.4, 0.5) is 5.69 Å². The average molecular weight is 404 g/mol. The Bertz CT molecular complexity index is 968. The molecule has 0 aliphatic carbocycles. The highest BCUT2D eigenvalue weighted by molar-refractivity contribution is 7.89. The maximum Gasteiger partial charge on any atom is 0.255 e. The summed E-state index contributed by atoms with van der Waals surface area (Å²) >= 11 is 0. The van der Waals surface area contributed by atoms with E-state index in [4.69, 9.17) is 14.2 Å². The van der Waals surface area contributed by atoms with Gasteiger partial charge in [0.25, 0.3) is 5.91 Å². The van der Waals surface area contributed by atoms with Crippen LogP contribution in [0.15, 0.2) is 47.4 Å². The number of rotatable bonds is 6. The van der Waals surface area contributed by atoms with E-state index in [1.54, 1.807) is 30.3 Å². The summed E-state index contributed by atoms with van der Waals surface area (Å²) in [7, 11) is -3.63. The van der Waals surface area contributed by atoms with Gasteiger partial charge in [0, 0.05) is 24.4 Å². The summed E-state index contributed by atoms with van der Waals surface area (Å²) < 4.78 is 43.2. The van der Waals surface area contributed by atoms with E-state index in [0.717, 1.165) is 12.8 Å². The molecule has 0 saturated carbocycles. The second-order valence-electron chi connectivity index (χ2n) is 6.53. The third kappa shape index (κ3) is 4.11. The van der Waals surface area contributed by atoms with Crippen molar-refractivity contribution in [2.75, 3.05) is 25.3 Å². The monoisotopic (exact) mass is 404 g/mol. The molecule has 8 nitrogen and oxygen atoms in total. The SMILES string of the molecule is O=C(Nc1ccc(S(=O)(=O)NC[C@@H]2CCCO2)cc1)c1ccc2c(c1)OCO2. The first kappa shape index (κ1) is 18.7. The molecule has 0 aromatic heterocycles. The lowest BCUT2D eigenvalue weighted by Crippen LogP contribution is -2.31. The van der Waals surface area contributed by atoms with Crippen molar-refractivity contribution in [1.29, 1.82) is 0 Å². The van der Waals surface area contributed by atoms with Crippen molar-refractivity contribution in [3.8, 4) is 11.5 Å². The predicted octanol–water partition coefficient (Wildman–Crippen LogP) is 2.12. The first-order valence-corrected chi connectivity index (χ1v) is 10.4. The van der Waals surface area contributed by atoms with Crippen LogP contribution in [0.1, 0.15) is 23.2 Å². The van der Waals surface area contributed by atoms with Crippen LogP contribution in [0.25, 0.3) is 0 Å². The maximum absolute atomic E-state index is 12.4. The smallest absolute Gasteiger partial charge is 0.255 e. The van der Waals surface area contributed by atoms with Crippen LogP contribution >= 0.6 is 0 Å². The van der Waals surface area contributed by atoms with Gasteiger partial charge in [-0.05, 0) is 55.3 Å². The largest absolute Gasteiger partial charge is 0.454 e. The topological polar surface area (TPSA) is 103 Å². The van der Waals surface area contributed by atoms with Crippen LogP contribution < -0.4 is 19.5 Å². The van der Waals surface area contributed by atoms with Gasteiger partial charge in [0.2, 0.25) is 16.8 Å². The van der Waals surface area contributed by atoms with E-state index in [-0.39, 0.29) is 30.2 Å². The highest BCUT2D eigenvalue weighted by atomic mass is 32.2. The highest BCUT2D eigenvalue weighted by Gasteiger charge is 2.20. The Labute approximate surface area is 162 Å². The lowest BCUT2D eigenvalue weighted by molar-refractivity contribution is 0.102. The minimum absolute atomic E-state index is 0.0740. The van der Waals surface area contributed by atoms with Crippen LogP contribution in [0, 0.1) is 0 Å². The molecule has 1 amide bonds. The number of hydrogen-bond acceptors (Lipinski definition) is 6. The molecule has 28 heavy (non-hydrogen) atoms. The summed E-state index contributed by atoms with van der Waals surface area (Å²) in [5.41, 5.74) is 0.903. The Kier molecular flexibility index (Phi) is 5.21. The van der Waals surface area contributed by atoms with Crippen molar-refractivity contribution >= 4 is 21.6 Å². The number of benzene rings is 2. The Balaban J connectivity index is 1.39. The van der Waals surface area contributed by atoms with Gasteiger partial charge in [-0.15, -0.1) is 0 Å². The van der Waals surface area contributed by atoms with E-state index in [2.05, 4.69) is 10.0 Å². The molecule has 1 fully saturated rings.